The first kappa shape index (κ1) is 22.2. The van der Waals surface area contributed by atoms with Crippen molar-refractivity contribution in [2.24, 2.45) is 4.99 Å². The summed E-state index contributed by atoms with van der Waals surface area (Å²) in [4.78, 5) is 4.50. The standard InChI is InChI=1S/C16H30N4O2.HI/c1-5-7-9-21-10-8-18-16(17-6-2)19-12-14-11-15(13(3)4)20-22-14;/h11,13H,5-10,12H2,1-4H3,(H2,17,18,19);1H. The van der Waals surface area contributed by atoms with Gasteiger partial charge in [0.15, 0.2) is 11.7 Å². The van der Waals surface area contributed by atoms with E-state index in [1.54, 1.807) is 0 Å². The Morgan fingerprint density at radius 2 is 2.09 bits per heavy atom. The lowest BCUT2D eigenvalue weighted by Gasteiger charge is -2.11. The normalized spacial score (nSPS) is 11.4. The Morgan fingerprint density at radius 1 is 1.30 bits per heavy atom. The van der Waals surface area contributed by atoms with Crippen LogP contribution >= 0.6 is 24.0 Å². The lowest BCUT2D eigenvalue weighted by Crippen LogP contribution is -2.39. The molecule has 7 heteroatoms. The van der Waals surface area contributed by atoms with E-state index in [9.17, 15) is 0 Å². The zero-order chi connectivity index (χ0) is 16.2. The van der Waals surface area contributed by atoms with Gasteiger partial charge in [-0.05, 0) is 19.3 Å². The molecule has 0 saturated heterocycles. The molecule has 0 unspecified atom stereocenters. The summed E-state index contributed by atoms with van der Waals surface area (Å²) in [5, 5.41) is 10.5. The summed E-state index contributed by atoms with van der Waals surface area (Å²) in [6.45, 7) is 11.9. The maximum Gasteiger partial charge on any atom is 0.191 e. The fourth-order valence-corrected chi connectivity index (χ4v) is 1.76. The molecule has 0 saturated carbocycles. The maximum absolute atomic E-state index is 5.52. The minimum atomic E-state index is 0. The Balaban J connectivity index is 0.00000484. The van der Waals surface area contributed by atoms with Crippen LogP contribution in [0.25, 0.3) is 0 Å². The molecular formula is C16H31IN4O2. The van der Waals surface area contributed by atoms with Crippen molar-refractivity contribution in [2.45, 2.75) is 53.0 Å². The SMILES string of the molecule is CCCCOCCNC(=NCc1cc(C(C)C)no1)NCC.I. The molecule has 0 aromatic carbocycles. The molecule has 1 heterocycles. The smallest absolute Gasteiger partial charge is 0.191 e. The Kier molecular flexibility index (Phi) is 13.1. The van der Waals surface area contributed by atoms with E-state index >= 15 is 0 Å². The number of nitrogens with one attached hydrogen (secondary N) is 2. The molecule has 0 bridgehead atoms. The first-order valence-electron chi connectivity index (χ1n) is 8.22. The van der Waals surface area contributed by atoms with Gasteiger partial charge >= 0.3 is 0 Å². The van der Waals surface area contributed by atoms with Crippen LogP contribution in [0.1, 0.15) is 57.9 Å². The largest absolute Gasteiger partial charge is 0.380 e. The molecule has 23 heavy (non-hydrogen) atoms. The molecule has 0 fully saturated rings. The van der Waals surface area contributed by atoms with Crippen LogP contribution in [0.5, 0.6) is 0 Å². The van der Waals surface area contributed by atoms with E-state index in [0.29, 0.717) is 19.1 Å². The number of rotatable bonds is 10. The molecule has 134 valence electrons. The van der Waals surface area contributed by atoms with Crippen LogP contribution in [0.3, 0.4) is 0 Å². The summed E-state index contributed by atoms with van der Waals surface area (Å²) in [5.74, 6) is 1.91. The Hall–Kier alpha value is -0.830. The van der Waals surface area contributed by atoms with Crippen LogP contribution in [-0.4, -0.2) is 37.4 Å². The molecule has 6 nitrogen and oxygen atoms in total. The predicted molar refractivity (Wildman–Crippen MR) is 105 cm³/mol. The third-order valence-corrected chi connectivity index (χ3v) is 3.09. The van der Waals surface area contributed by atoms with Crippen molar-refractivity contribution in [3.05, 3.63) is 17.5 Å². The van der Waals surface area contributed by atoms with Crippen molar-refractivity contribution in [2.75, 3.05) is 26.3 Å². The number of unbranched alkanes of at least 4 members (excludes halogenated alkanes) is 1. The fraction of sp³-hybridized carbons (Fsp3) is 0.750. The highest BCUT2D eigenvalue weighted by molar-refractivity contribution is 14.0. The number of hydrogen-bond donors (Lipinski definition) is 2. The minimum absolute atomic E-state index is 0. The monoisotopic (exact) mass is 438 g/mol. The lowest BCUT2D eigenvalue weighted by molar-refractivity contribution is 0.136. The lowest BCUT2D eigenvalue weighted by atomic mass is 10.1. The second-order valence-electron chi connectivity index (χ2n) is 5.46. The Labute approximate surface area is 156 Å². The highest BCUT2D eigenvalue weighted by atomic mass is 127. The molecule has 1 aromatic heterocycles. The molecule has 0 amide bonds. The number of aromatic nitrogens is 1. The quantitative estimate of drug-likeness (QED) is 0.254. The second-order valence-corrected chi connectivity index (χ2v) is 5.46. The van der Waals surface area contributed by atoms with Crippen LogP contribution in [-0.2, 0) is 11.3 Å². The molecule has 0 aliphatic carbocycles. The third kappa shape index (κ3) is 9.80. The number of guanidine groups is 1. The van der Waals surface area contributed by atoms with Crippen molar-refractivity contribution < 1.29 is 9.26 Å². The van der Waals surface area contributed by atoms with Gasteiger partial charge in [-0.2, -0.15) is 0 Å². The van der Waals surface area contributed by atoms with Crippen LogP contribution in [0.4, 0.5) is 0 Å². The van der Waals surface area contributed by atoms with E-state index in [-0.39, 0.29) is 24.0 Å². The zero-order valence-electron chi connectivity index (χ0n) is 14.7. The maximum atomic E-state index is 5.52. The van der Waals surface area contributed by atoms with Gasteiger partial charge in [-0.15, -0.1) is 24.0 Å². The van der Waals surface area contributed by atoms with Crippen molar-refractivity contribution in [3.63, 3.8) is 0 Å². The van der Waals surface area contributed by atoms with E-state index in [4.69, 9.17) is 9.26 Å². The average molecular weight is 438 g/mol. The number of nitrogens with zero attached hydrogens (tertiary/aromatic N) is 2. The summed E-state index contributed by atoms with van der Waals surface area (Å²) in [6.07, 6.45) is 2.27. The molecule has 0 aliphatic rings. The van der Waals surface area contributed by atoms with Gasteiger partial charge < -0.3 is 19.9 Å². The van der Waals surface area contributed by atoms with E-state index in [1.807, 2.05) is 13.0 Å². The molecule has 0 spiro atoms. The van der Waals surface area contributed by atoms with Crippen LogP contribution in [0.2, 0.25) is 0 Å². The average Bonchev–Trinajstić information content (AvgIpc) is 2.97. The van der Waals surface area contributed by atoms with E-state index < -0.39 is 0 Å². The number of halogens is 1. The molecule has 0 radical (unpaired) electrons. The summed E-state index contributed by atoms with van der Waals surface area (Å²) >= 11 is 0. The van der Waals surface area contributed by atoms with Crippen LogP contribution < -0.4 is 10.6 Å². The van der Waals surface area contributed by atoms with Crippen LogP contribution in [0, 0.1) is 0 Å². The van der Waals surface area contributed by atoms with Gasteiger partial charge in [0.25, 0.3) is 0 Å². The third-order valence-electron chi connectivity index (χ3n) is 3.09. The molecular weight excluding hydrogens is 407 g/mol. The Bertz CT molecular complexity index is 435. The second kappa shape index (κ2) is 13.6. The fourth-order valence-electron chi connectivity index (χ4n) is 1.76. The van der Waals surface area contributed by atoms with Gasteiger partial charge in [-0.25, -0.2) is 4.99 Å². The van der Waals surface area contributed by atoms with E-state index in [1.165, 1.54) is 0 Å². The van der Waals surface area contributed by atoms with Gasteiger partial charge in [0, 0.05) is 25.8 Å². The van der Waals surface area contributed by atoms with Gasteiger partial charge in [-0.3, -0.25) is 0 Å². The predicted octanol–water partition coefficient (Wildman–Crippen LogP) is 3.29. The zero-order valence-corrected chi connectivity index (χ0v) is 17.1. The first-order chi connectivity index (χ1) is 10.7. The van der Waals surface area contributed by atoms with Gasteiger partial charge in [0.1, 0.15) is 6.54 Å². The molecule has 2 N–H and O–H groups in total. The molecule has 1 aromatic rings. The van der Waals surface area contributed by atoms with Crippen molar-refractivity contribution in [1.82, 2.24) is 15.8 Å². The van der Waals surface area contributed by atoms with Crippen molar-refractivity contribution >= 4 is 29.9 Å². The van der Waals surface area contributed by atoms with E-state index in [2.05, 4.69) is 41.6 Å². The van der Waals surface area contributed by atoms with Crippen molar-refractivity contribution in [1.29, 1.82) is 0 Å². The number of hydrogen-bond acceptors (Lipinski definition) is 4. The van der Waals surface area contributed by atoms with Gasteiger partial charge in [0.05, 0.1) is 12.3 Å². The Morgan fingerprint density at radius 3 is 2.70 bits per heavy atom. The number of aliphatic imine (C=N–C) groups is 1. The highest BCUT2D eigenvalue weighted by Gasteiger charge is 2.07. The van der Waals surface area contributed by atoms with Crippen LogP contribution in [0.15, 0.2) is 15.6 Å². The summed E-state index contributed by atoms with van der Waals surface area (Å²) in [7, 11) is 0. The minimum Gasteiger partial charge on any atom is -0.380 e. The topological polar surface area (TPSA) is 71.7 Å². The molecule has 1 rings (SSSR count). The summed E-state index contributed by atoms with van der Waals surface area (Å²) < 4.78 is 10.8. The number of ether oxygens (including phenoxy) is 1. The summed E-state index contributed by atoms with van der Waals surface area (Å²) in [5.41, 5.74) is 0.965. The molecule has 0 atom stereocenters. The summed E-state index contributed by atoms with van der Waals surface area (Å²) in [6, 6.07) is 1.96. The van der Waals surface area contributed by atoms with Gasteiger partial charge in [-0.1, -0.05) is 32.3 Å². The highest BCUT2D eigenvalue weighted by Crippen LogP contribution is 2.14. The van der Waals surface area contributed by atoms with Gasteiger partial charge in [0.2, 0.25) is 0 Å². The van der Waals surface area contributed by atoms with Crippen molar-refractivity contribution in [3.8, 4) is 0 Å². The molecule has 0 aliphatic heterocycles. The van der Waals surface area contributed by atoms with E-state index in [0.717, 1.165) is 50.0 Å². The first-order valence-corrected chi connectivity index (χ1v) is 8.22.